The molecule has 4 nitrogen and oxygen atoms in total. The topological polar surface area (TPSA) is 53.7 Å². The third-order valence-electron chi connectivity index (χ3n) is 3.41. The first-order valence-electron chi connectivity index (χ1n) is 6.67. The Labute approximate surface area is 113 Å². The molecule has 108 valence electrons. The van der Waals surface area contributed by atoms with E-state index in [1.54, 1.807) is 21.3 Å². The van der Waals surface area contributed by atoms with Gasteiger partial charge in [-0.15, -0.1) is 0 Å². The van der Waals surface area contributed by atoms with Gasteiger partial charge in [-0.1, -0.05) is 25.5 Å². The van der Waals surface area contributed by atoms with Gasteiger partial charge in [0.15, 0.2) is 0 Å². The second-order valence-electron chi connectivity index (χ2n) is 4.32. The fourth-order valence-electron chi connectivity index (χ4n) is 2.25. The highest BCUT2D eigenvalue weighted by molar-refractivity contribution is 6.62. The zero-order chi connectivity index (χ0) is 14.0. The number of allylic oxidation sites excluding steroid dienone is 1. The van der Waals surface area contributed by atoms with Crippen LogP contribution in [0.15, 0.2) is 11.6 Å². The molecule has 0 aromatic rings. The molecule has 0 rings (SSSR count). The Balaban J connectivity index is 4.85. The third kappa shape index (κ3) is 4.82. The predicted octanol–water partition coefficient (Wildman–Crippen LogP) is 2.72. The summed E-state index contributed by atoms with van der Waals surface area (Å²) in [6, 6.07) is 0. The Morgan fingerprint density at radius 2 is 1.72 bits per heavy atom. The molecule has 18 heavy (non-hydrogen) atoms. The molecule has 0 amide bonds. The van der Waals surface area contributed by atoms with Gasteiger partial charge in [-0.2, -0.15) is 0 Å². The van der Waals surface area contributed by atoms with Crippen molar-refractivity contribution in [1.82, 2.24) is 0 Å². The van der Waals surface area contributed by atoms with Gasteiger partial charge in [0.25, 0.3) is 0 Å². The summed E-state index contributed by atoms with van der Waals surface area (Å²) in [7, 11) is 2.50. The maximum Gasteiger partial charge on any atom is 0.503 e. The number of hydrogen-bond donors (Lipinski definition) is 1. The van der Waals surface area contributed by atoms with Gasteiger partial charge in [0.1, 0.15) is 0 Å². The normalized spacial score (nSPS) is 14.9. The van der Waals surface area contributed by atoms with Crippen molar-refractivity contribution in [1.29, 1.82) is 0 Å². The van der Waals surface area contributed by atoms with Crippen LogP contribution in [0, 0.1) is 0 Å². The smallest absolute Gasteiger partial charge is 0.377 e. The second kappa shape index (κ2) is 9.69. The largest absolute Gasteiger partial charge is 0.503 e. The zero-order valence-corrected chi connectivity index (χ0v) is 13.5. The molecule has 0 spiro atoms. The quantitative estimate of drug-likeness (QED) is 0.492. The van der Waals surface area contributed by atoms with E-state index in [0.29, 0.717) is 12.1 Å². The Morgan fingerprint density at radius 3 is 2.06 bits per heavy atom. The van der Waals surface area contributed by atoms with Crippen LogP contribution >= 0.6 is 0 Å². The lowest BCUT2D eigenvalue weighted by Gasteiger charge is -2.32. The van der Waals surface area contributed by atoms with Crippen LogP contribution in [0.1, 0.15) is 39.5 Å². The summed E-state index contributed by atoms with van der Waals surface area (Å²) in [4.78, 5) is 0. The predicted molar refractivity (Wildman–Crippen MR) is 77.5 cm³/mol. The van der Waals surface area contributed by atoms with Crippen molar-refractivity contribution < 1.29 is 13.3 Å². The first-order valence-corrected chi connectivity index (χ1v) is 8.47. The van der Waals surface area contributed by atoms with Gasteiger partial charge in [0, 0.05) is 26.9 Å². The van der Waals surface area contributed by atoms with Crippen molar-refractivity contribution >= 4 is 8.80 Å². The van der Waals surface area contributed by atoms with Crippen molar-refractivity contribution in [2.45, 2.75) is 45.1 Å². The molecular formula is C13H29NO3Si. The SMILES string of the molecule is CCC(=CCCN)CC(CC)[Si](OC)(OC)OC. The molecule has 0 heterocycles. The fourth-order valence-corrected chi connectivity index (χ4v) is 4.76. The van der Waals surface area contributed by atoms with Gasteiger partial charge in [-0.3, -0.25) is 0 Å². The highest BCUT2D eigenvalue weighted by atomic mass is 28.4. The van der Waals surface area contributed by atoms with Crippen LogP contribution in [0.3, 0.4) is 0 Å². The van der Waals surface area contributed by atoms with E-state index < -0.39 is 8.80 Å². The van der Waals surface area contributed by atoms with Crippen molar-refractivity contribution in [2.75, 3.05) is 27.9 Å². The van der Waals surface area contributed by atoms with Gasteiger partial charge in [-0.05, 0) is 32.2 Å². The molecule has 0 aliphatic rings. The first-order chi connectivity index (χ1) is 8.63. The van der Waals surface area contributed by atoms with E-state index in [9.17, 15) is 0 Å². The van der Waals surface area contributed by atoms with Crippen molar-refractivity contribution in [3.05, 3.63) is 11.6 Å². The summed E-state index contributed by atoms with van der Waals surface area (Å²) in [5.74, 6) is 0. The minimum absolute atomic E-state index is 0.307. The van der Waals surface area contributed by atoms with Crippen LogP contribution in [0.25, 0.3) is 0 Å². The maximum atomic E-state index is 5.58. The molecule has 1 unspecified atom stereocenters. The molecule has 0 fully saturated rings. The van der Waals surface area contributed by atoms with E-state index in [1.165, 1.54) is 5.57 Å². The molecule has 0 radical (unpaired) electrons. The van der Waals surface area contributed by atoms with Crippen molar-refractivity contribution in [3.63, 3.8) is 0 Å². The second-order valence-corrected chi connectivity index (χ2v) is 7.57. The Bertz CT molecular complexity index is 234. The van der Waals surface area contributed by atoms with Crippen LogP contribution in [0.2, 0.25) is 5.54 Å². The molecule has 5 heteroatoms. The van der Waals surface area contributed by atoms with E-state index in [4.69, 9.17) is 19.0 Å². The highest BCUT2D eigenvalue weighted by Crippen LogP contribution is 2.34. The minimum atomic E-state index is -2.54. The minimum Gasteiger partial charge on any atom is -0.377 e. The van der Waals surface area contributed by atoms with Crippen molar-refractivity contribution in [3.8, 4) is 0 Å². The standard InChI is InChI=1S/C13H29NO3Si/c1-6-12(9-8-10-14)11-13(7-2)18(15-3,16-4)17-5/h9,13H,6-8,10-11,14H2,1-5H3. The van der Waals surface area contributed by atoms with E-state index in [1.807, 2.05) is 0 Å². The van der Waals surface area contributed by atoms with Gasteiger partial charge in [0.05, 0.1) is 0 Å². The Morgan fingerprint density at radius 1 is 1.17 bits per heavy atom. The Hall–Kier alpha value is -0.203. The average Bonchev–Trinajstić information content (AvgIpc) is 2.43. The summed E-state index contributed by atoms with van der Waals surface area (Å²) in [5.41, 5.74) is 7.27. The van der Waals surface area contributed by atoms with Crippen LogP contribution in [-0.2, 0) is 13.3 Å². The highest BCUT2D eigenvalue weighted by Gasteiger charge is 2.46. The van der Waals surface area contributed by atoms with E-state index in [0.717, 1.165) is 25.7 Å². The summed E-state index contributed by atoms with van der Waals surface area (Å²) < 4.78 is 16.7. The van der Waals surface area contributed by atoms with Crippen LogP contribution in [0.5, 0.6) is 0 Å². The number of hydrogen-bond acceptors (Lipinski definition) is 4. The van der Waals surface area contributed by atoms with E-state index >= 15 is 0 Å². The molecule has 2 N–H and O–H groups in total. The maximum absolute atomic E-state index is 5.58. The van der Waals surface area contributed by atoms with Gasteiger partial charge in [-0.25, -0.2) is 0 Å². The molecule has 0 saturated carbocycles. The third-order valence-corrected chi connectivity index (χ3v) is 6.73. The van der Waals surface area contributed by atoms with Gasteiger partial charge < -0.3 is 19.0 Å². The summed E-state index contributed by atoms with van der Waals surface area (Å²) in [6.45, 7) is 5.02. The van der Waals surface area contributed by atoms with Gasteiger partial charge in [0.2, 0.25) is 0 Å². The van der Waals surface area contributed by atoms with Crippen LogP contribution in [0.4, 0.5) is 0 Å². The molecule has 0 aromatic carbocycles. The lowest BCUT2D eigenvalue weighted by atomic mass is 10.0. The van der Waals surface area contributed by atoms with E-state index in [-0.39, 0.29) is 0 Å². The molecule has 0 aliphatic carbocycles. The fraction of sp³-hybridized carbons (Fsp3) is 0.846. The molecule has 0 saturated heterocycles. The monoisotopic (exact) mass is 275 g/mol. The molecule has 0 aliphatic heterocycles. The van der Waals surface area contributed by atoms with E-state index in [2.05, 4.69) is 19.9 Å². The Kier molecular flexibility index (Phi) is 9.58. The first kappa shape index (κ1) is 17.8. The lowest BCUT2D eigenvalue weighted by molar-refractivity contribution is 0.110. The number of rotatable bonds is 10. The summed E-state index contributed by atoms with van der Waals surface area (Å²) >= 11 is 0. The van der Waals surface area contributed by atoms with Gasteiger partial charge >= 0.3 is 8.80 Å². The number of nitrogens with two attached hydrogens (primary N) is 1. The lowest BCUT2D eigenvalue weighted by Crippen LogP contribution is -2.47. The van der Waals surface area contributed by atoms with Crippen LogP contribution in [-0.4, -0.2) is 36.7 Å². The molecule has 1 atom stereocenters. The molecule has 0 bridgehead atoms. The molecule has 0 aromatic heterocycles. The summed E-state index contributed by atoms with van der Waals surface area (Å²) in [5, 5.41) is 0. The zero-order valence-electron chi connectivity index (χ0n) is 12.5. The molecular weight excluding hydrogens is 246 g/mol. The van der Waals surface area contributed by atoms with Crippen molar-refractivity contribution in [2.24, 2.45) is 5.73 Å². The van der Waals surface area contributed by atoms with Crippen LogP contribution < -0.4 is 5.73 Å². The average molecular weight is 275 g/mol. The summed E-state index contributed by atoms with van der Waals surface area (Å²) in [6.07, 6.45) is 6.17.